The zero-order chi connectivity index (χ0) is 17.3. The van der Waals surface area contributed by atoms with Crippen molar-refractivity contribution >= 4 is 21.7 Å². The molecule has 0 spiro atoms. The Kier molecular flexibility index (Phi) is 7.63. The lowest BCUT2D eigenvalue weighted by Crippen LogP contribution is -2.33. The maximum absolute atomic E-state index is 10.9. The van der Waals surface area contributed by atoms with Crippen LogP contribution in [0, 0.1) is 0 Å². The van der Waals surface area contributed by atoms with E-state index in [2.05, 4.69) is 20.3 Å². The number of nitrogens with zero attached hydrogens (tertiary/aromatic N) is 1. The van der Waals surface area contributed by atoms with Crippen LogP contribution in [0.15, 0.2) is 23.2 Å². The van der Waals surface area contributed by atoms with Crippen molar-refractivity contribution in [2.45, 2.75) is 6.42 Å². The van der Waals surface area contributed by atoms with Crippen molar-refractivity contribution in [3.05, 3.63) is 18.2 Å². The molecule has 0 fully saturated rings. The minimum atomic E-state index is -3.14. The van der Waals surface area contributed by atoms with E-state index < -0.39 is 10.0 Å². The van der Waals surface area contributed by atoms with Crippen LogP contribution in [0.5, 0.6) is 11.5 Å². The largest absolute Gasteiger partial charge is 0.493 e. The van der Waals surface area contributed by atoms with Gasteiger partial charge in [-0.2, -0.15) is 0 Å². The molecule has 0 aliphatic carbocycles. The normalized spacial score (nSPS) is 11.9. The lowest BCUT2D eigenvalue weighted by atomic mass is 10.3. The summed E-state index contributed by atoms with van der Waals surface area (Å²) in [5.74, 6) is 1.84. The van der Waals surface area contributed by atoms with E-state index in [0.29, 0.717) is 37.0 Å². The fourth-order valence-electron chi connectivity index (χ4n) is 1.78. The Morgan fingerprint density at radius 1 is 1.17 bits per heavy atom. The van der Waals surface area contributed by atoms with Crippen LogP contribution in [0.4, 0.5) is 5.69 Å². The van der Waals surface area contributed by atoms with Gasteiger partial charge in [0.05, 0.1) is 20.5 Å². The zero-order valence-corrected chi connectivity index (χ0v) is 14.7. The van der Waals surface area contributed by atoms with E-state index in [1.165, 1.54) is 0 Å². The molecular formula is C14H24N4O4S. The van der Waals surface area contributed by atoms with Crippen molar-refractivity contribution in [2.75, 3.05) is 45.9 Å². The van der Waals surface area contributed by atoms with Crippen molar-refractivity contribution < 1.29 is 17.9 Å². The lowest BCUT2D eigenvalue weighted by molar-refractivity contribution is 0.355. The van der Waals surface area contributed by atoms with Crippen LogP contribution < -0.4 is 24.8 Å². The molecule has 0 saturated heterocycles. The van der Waals surface area contributed by atoms with Crippen molar-refractivity contribution in [3.8, 4) is 11.5 Å². The third kappa shape index (κ3) is 7.20. The Morgan fingerprint density at radius 2 is 1.87 bits per heavy atom. The Labute approximate surface area is 137 Å². The summed E-state index contributed by atoms with van der Waals surface area (Å²) in [6, 6.07) is 5.45. The van der Waals surface area contributed by atoms with Crippen molar-refractivity contribution in [1.29, 1.82) is 0 Å². The molecule has 0 aliphatic heterocycles. The molecule has 0 atom stereocenters. The molecule has 0 bridgehead atoms. The van der Waals surface area contributed by atoms with Gasteiger partial charge in [-0.05, 0) is 18.6 Å². The topological polar surface area (TPSA) is 101 Å². The molecule has 1 rings (SSSR count). The summed E-state index contributed by atoms with van der Waals surface area (Å²) in [6.45, 7) is 0.953. The molecule has 0 amide bonds. The van der Waals surface area contributed by atoms with Gasteiger partial charge in [-0.3, -0.25) is 4.99 Å². The number of hydrogen-bond donors (Lipinski definition) is 3. The number of guanidine groups is 1. The van der Waals surface area contributed by atoms with Gasteiger partial charge in [0.15, 0.2) is 17.5 Å². The SMILES string of the molecule is CN=C(NCCCNS(C)(=O)=O)Nc1ccc(OC)c(OC)c1. The van der Waals surface area contributed by atoms with Gasteiger partial charge >= 0.3 is 0 Å². The molecule has 0 unspecified atom stereocenters. The number of nitrogens with one attached hydrogen (secondary N) is 3. The summed E-state index contributed by atoms with van der Waals surface area (Å²) in [7, 11) is 1.67. The Morgan fingerprint density at radius 3 is 2.43 bits per heavy atom. The summed E-state index contributed by atoms with van der Waals surface area (Å²) in [5.41, 5.74) is 0.796. The molecule has 1 aromatic rings. The van der Waals surface area contributed by atoms with E-state index in [0.717, 1.165) is 11.9 Å². The van der Waals surface area contributed by atoms with Gasteiger partial charge in [0, 0.05) is 31.9 Å². The molecule has 0 heterocycles. The van der Waals surface area contributed by atoms with Crippen LogP contribution in [0.3, 0.4) is 0 Å². The number of hydrogen-bond acceptors (Lipinski definition) is 5. The molecule has 9 heteroatoms. The summed E-state index contributed by atoms with van der Waals surface area (Å²) in [4.78, 5) is 4.11. The number of ether oxygens (including phenoxy) is 2. The minimum Gasteiger partial charge on any atom is -0.493 e. The van der Waals surface area contributed by atoms with Crippen LogP contribution in [0.25, 0.3) is 0 Å². The Hall–Kier alpha value is -2.00. The van der Waals surface area contributed by atoms with Gasteiger partial charge in [-0.1, -0.05) is 0 Å². The summed E-state index contributed by atoms with van der Waals surface area (Å²) < 4.78 is 34.8. The third-order valence-corrected chi connectivity index (χ3v) is 3.61. The second kappa shape index (κ2) is 9.21. The van der Waals surface area contributed by atoms with Gasteiger partial charge in [-0.15, -0.1) is 0 Å². The molecule has 8 nitrogen and oxygen atoms in total. The van der Waals surface area contributed by atoms with Gasteiger partial charge < -0.3 is 20.1 Å². The van der Waals surface area contributed by atoms with E-state index in [9.17, 15) is 8.42 Å². The molecule has 0 radical (unpaired) electrons. The van der Waals surface area contributed by atoms with Gasteiger partial charge in [0.25, 0.3) is 0 Å². The summed E-state index contributed by atoms with van der Waals surface area (Å²) in [6.07, 6.45) is 1.78. The standard InChI is InChI=1S/C14H24N4O4S/c1-15-14(16-8-5-9-17-23(4,19)20)18-11-6-7-12(21-2)13(10-11)22-3/h6-7,10,17H,5,8-9H2,1-4H3,(H2,15,16,18). The second-order valence-corrected chi connectivity index (χ2v) is 6.55. The number of rotatable bonds is 8. The quantitative estimate of drug-likeness (QED) is 0.363. The lowest BCUT2D eigenvalue weighted by Gasteiger charge is -2.14. The van der Waals surface area contributed by atoms with Crippen molar-refractivity contribution in [1.82, 2.24) is 10.0 Å². The monoisotopic (exact) mass is 344 g/mol. The van der Waals surface area contributed by atoms with E-state index in [1.807, 2.05) is 6.07 Å². The van der Waals surface area contributed by atoms with Crippen LogP contribution in [0.2, 0.25) is 0 Å². The average Bonchev–Trinajstić information content (AvgIpc) is 2.52. The Bertz CT molecular complexity index is 632. The highest BCUT2D eigenvalue weighted by Crippen LogP contribution is 2.29. The van der Waals surface area contributed by atoms with Crippen LogP contribution in [-0.2, 0) is 10.0 Å². The molecule has 0 aromatic heterocycles. The minimum absolute atomic E-state index is 0.374. The van der Waals surface area contributed by atoms with E-state index in [4.69, 9.17) is 9.47 Å². The predicted octanol–water partition coefficient (Wildman–Crippen LogP) is 0.630. The predicted molar refractivity (Wildman–Crippen MR) is 92.0 cm³/mol. The van der Waals surface area contributed by atoms with Crippen molar-refractivity contribution in [2.24, 2.45) is 4.99 Å². The van der Waals surface area contributed by atoms with E-state index in [-0.39, 0.29) is 0 Å². The Balaban J connectivity index is 2.51. The van der Waals surface area contributed by atoms with Crippen LogP contribution in [-0.4, -0.2) is 55.0 Å². The van der Waals surface area contributed by atoms with Crippen LogP contribution >= 0.6 is 0 Å². The molecule has 23 heavy (non-hydrogen) atoms. The van der Waals surface area contributed by atoms with Gasteiger partial charge in [-0.25, -0.2) is 13.1 Å². The molecule has 1 aromatic carbocycles. The highest BCUT2D eigenvalue weighted by molar-refractivity contribution is 7.88. The summed E-state index contributed by atoms with van der Waals surface area (Å²) >= 11 is 0. The van der Waals surface area contributed by atoms with Crippen LogP contribution in [0.1, 0.15) is 6.42 Å². The number of sulfonamides is 1. The fourth-order valence-corrected chi connectivity index (χ4v) is 2.30. The van der Waals surface area contributed by atoms with E-state index >= 15 is 0 Å². The smallest absolute Gasteiger partial charge is 0.208 e. The van der Waals surface area contributed by atoms with Gasteiger partial charge in [0.1, 0.15) is 0 Å². The summed E-state index contributed by atoms with van der Waals surface area (Å²) in [5, 5.41) is 6.23. The average molecular weight is 344 g/mol. The second-order valence-electron chi connectivity index (χ2n) is 4.71. The first-order valence-electron chi connectivity index (χ1n) is 7.04. The molecule has 130 valence electrons. The maximum atomic E-state index is 10.9. The number of aliphatic imine (C=N–C) groups is 1. The zero-order valence-electron chi connectivity index (χ0n) is 13.8. The molecule has 0 saturated carbocycles. The first-order chi connectivity index (χ1) is 10.9. The number of benzene rings is 1. The highest BCUT2D eigenvalue weighted by atomic mass is 32.2. The number of anilines is 1. The molecule has 0 aliphatic rings. The highest BCUT2D eigenvalue weighted by Gasteiger charge is 2.06. The van der Waals surface area contributed by atoms with Gasteiger partial charge in [0.2, 0.25) is 10.0 Å². The first-order valence-corrected chi connectivity index (χ1v) is 8.93. The molecular weight excluding hydrogens is 320 g/mol. The first kappa shape index (κ1) is 19.0. The van der Waals surface area contributed by atoms with Crippen molar-refractivity contribution in [3.63, 3.8) is 0 Å². The third-order valence-electron chi connectivity index (χ3n) is 2.88. The maximum Gasteiger partial charge on any atom is 0.208 e. The number of methoxy groups -OCH3 is 2. The molecule has 3 N–H and O–H groups in total. The fraction of sp³-hybridized carbons (Fsp3) is 0.500. The van der Waals surface area contributed by atoms with E-state index in [1.54, 1.807) is 33.4 Å².